The number of benzene rings is 2. The smallest absolute Gasteiger partial charge is 0.262 e. The summed E-state index contributed by atoms with van der Waals surface area (Å²) in [5, 5.41) is 14.4. The summed E-state index contributed by atoms with van der Waals surface area (Å²) in [6.45, 7) is 0. The van der Waals surface area contributed by atoms with Crippen molar-refractivity contribution < 1.29 is 14.0 Å². The van der Waals surface area contributed by atoms with Gasteiger partial charge in [-0.05, 0) is 18.2 Å². The Morgan fingerprint density at radius 1 is 1.00 bits per heavy atom. The molecule has 0 saturated heterocycles. The number of phenolic OH excluding ortho intramolecular Hbond substituents is 1. The van der Waals surface area contributed by atoms with Crippen molar-refractivity contribution in [3.63, 3.8) is 0 Å². The minimum absolute atomic E-state index is 0.160. The average molecular weight is 278 g/mol. The SMILES string of the molecule is Oc1cccc(-c2noc(-c3coc4ccccc34)n2)c1. The van der Waals surface area contributed by atoms with E-state index in [1.54, 1.807) is 24.5 Å². The highest BCUT2D eigenvalue weighted by molar-refractivity contribution is 5.91. The zero-order valence-electron chi connectivity index (χ0n) is 10.9. The fourth-order valence-electron chi connectivity index (χ4n) is 2.24. The van der Waals surface area contributed by atoms with Crippen molar-refractivity contribution in [3.05, 3.63) is 54.8 Å². The molecule has 0 bridgehead atoms. The van der Waals surface area contributed by atoms with Crippen LogP contribution < -0.4 is 0 Å². The van der Waals surface area contributed by atoms with Gasteiger partial charge in [0.1, 0.15) is 17.6 Å². The third-order valence-electron chi connectivity index (χ3n) is 3.24. The van der Waals surface area contributed by atoms with Crippen LogP contribution >= 0.6 is 0 Å². The summed E-state index contributed by atoms with van der Waals surface area (Å²) in [6.07, 6.45) is 1.60. The minimum atomic E-state index is 0.160. The number of aromatic hydroxyl groups is 1. The van der Waals surface area contributed by atoms with Gasteiger partial charge in [0, 0.05) is 10.9 Å². The molecule has 0 amide bonds. The van der Waals surface area contributed by atoms with Gasteiger partial charge in [0.2, 0.25) is 5.82 Å². The molecule has 2 heterocycles. The molecule has 0 radical (unpaired) electrons. The van der Waals surface area contributed by atoms with Gasteiger partial charge < -0.3 is 14.0 Å². The zero-order valence-corrected chi connectivity index (χ0v) is 10.9. The standard InChI is InChI=1S/C16H10N2O3/c19-11-5-3-4-10(8-11)15-17-16(21-18-15)13-9-20-14-7-2-1-6-12(13)14/h1-9,19H. The molecule has 0 aliphatic carbocycles. The molecule has 0 spiro atoms. The highest BCUT2D eigenvalue weighted by Crippen LogP contribution is 2.31. The molecule has 5 heteroatoms. The maximum Gasteiger partial charge on any atom is 0.262 e. The van der Waals surface area contributed by atoms with E-state index in [0.29, 0.717) is 17.3 Å². The lowest BCUT2D eigenvalue weighted by Gasteiger charge is -1.94. The Labute approximate surface area is 119 Å². The van der Waals surface area contributed by atoms with E-state index in [0.717, 1.165) is 16.5 Å². The van der Waals surface area contributed by atoms with Crippen LogP contribution in [0.25, 0.3) is 33.8 Å². The molecule has 5 nitrogen and oxygen atoms in total. The van der Waals surface area contributed by atoms with Crippen LogP contribution in [0.2, 0.25) is 0 Å². The number of phenols is 1. The van der Waals surface area contributed by atoms with Crippen LogP contribution in [-0.2, 0) is 0 Å². The van der Waals surface area contributed by atoms with Crippen molar-refractivity contribution in [3.8, 4) is 28.6 Å². The zero-order chi connectivity index (χ0) is 14.2. The largest absolute Gasteiger partial charge is 0.508 e. The van der Waals surface area contributed by atoms with Gasteiger partial charge in [-0.2, -0.15) is 4.98 Å². The van der Waals surface area contributed by atoms with E-state index in [9.17, 15) is 5.11 Å². The van der Waals surface area contributed by atoms with Crippen molar-refractivity contribution in [1.29, 1.82) is 0 Å². The van der Waals surface area contributed by atoms with E-state index in [2.05, 4.69) is 10.1 Å². The van der Waals surface area contributed by atoms with Gasteiger partial charge in [0.05, 0.1) is 5.56 Å². The second kappa shape index (κ2) is 4.49. The lowest BCUT2D eigenvalue weighted by Crippen LogP contribution is -1.80. The Morgan fingerprint density at radius 3 is 2.81 bits per heavy atom. The Balaban J connectivity index is 1.81. The molecule has 2 aromatic heterocycles. The third kappa shape index (κ3) is 1.95. The highest BCUT2D eigenvalue weighted by atomic mass is 16.5. The second-order valence-corrected chi connectivity index (χ2v) is 4.62. The Hall–Kier alpha value is -3.08. The van der Waals surface area contributed by atoms with E-state index >= 15 is 0 Å². The number of nitrogens with zero attached hydrogens (tertiary/aromatic N) is 2. The first-order chi connectivity index (χ1) is 10.3. The number of aromatic nitrogens is 2. The molecule has 4 rings (SSSR count). The number of fused-ring (bicyclic) bond motifs is 1. The Kier molecular flexibility index (Phi) is 2.50. The number of hydrogen-bond donors (Lipinski definition) is 1. The van der Waals surface area contributed by atoms with Gasteiger partial charge in [-0.15, -0.1) is 0 Å². The predicted octanol–water partition coefficient (Wildman–Crippen LogP) is 3.86. The number of furan rings is 1. The summed E-state index contributed by atoms with van der Waals surface area (Å²) in [7, 11) is 0. The molecule has 1 N–H and O–H groups in total. The first-order valence-corrected chi connectivity index (χ1v) is 6.41. The maximum absolute atomic E-state index is 9.51. The summed E-state index contributed by atoms with van der Waals surface area (Å²) in [4.78, 5) is 4.37. The fourth-order valence-corrected chi connectivity index (χ4v) is 2.24. The molecule has 0 unspecified atom stereocenters. The Morgan fingerprint density at radius 2 is 1.90 bits per heavy atom. The van der Waals surface area contributed by atoms with Crippen molar-refractivity contribution in [1.82, 2.24) is 10.1 Å². The second-order valence-electron chi connectivity index (χ2n) is 4.62. The van der Waals surface area contributed by atoms with Crippen LogP contribution in [0.4, 0.5) is 0 Å². The van der Waals surface area contributed by atoms with Crippen LogP contribution in [0.1, 0.15) is 0 Å². The summed E-state index contributed by atoms with van der Waals surface area (Å²) in [5.41, 5.74) is 2.21. The van der Waals surface area contributed by atoms with Crippen LogP contribution in [0.3, 0.4) is 0 Å². The summed E-state index contributed by atoms with van der Waals surface area (Å²) < 4.78 is 10.8. The molecule has 0 fully saturated rings. The molecule has 0 aliphatic heterocycles. The van der Waals surface area contributed by atoms with Gasteiger partial charge in [0.25, 0.3) is 5.89 Å². The quantitative estimate of drug-likeness (QED) is 0.602. The maximum atomic E-state index is 9.51. The van der Waals surface area contributed by atoms with E-state index in [1.165, 1.54) is 0 Å². The van der Waals surface area contributed by atoms with Gasteiger partial charge in [0.15, 0.2) is 0 Å². The molecule has 0 atom stereocenters. The van der Waals surface area contributed by atoms with Crippen molar-refractivity contribution >= 4 is 11.0 Å². The first-order valence-electron chi connectivity index (χ1n) is 6.41. The molecule has 0 saturated carbocycles. The van der Waals surface area contributed by atoms with Gasteiger partial charge in [-0.1, -0.05) is 35.5 Å². The summed E-state index contributed by atoms with van der Waals surface area (Å²) in [5.74, 6) is 0.970. The van der Waals surface area contributed by atoms with Gasteiger partial charge in [-0.25, -0.2) is 0 Å². The van der Waals surface area contributed by atoms with Crippen molar-refractivity contribution in [2.24, 2.45) is 0 Å². The van der Waals surface area contributed by atoms with E-state index in [4.69, 9.17) is 8.94 Å². The monoisotopic (exact) mass is 278 g/mol. The lowest BCUT2D eigenvalue weighted by molar-refractivity contribution is 0.432. The predicted molar refractivity (Wildman–Crippen MR) is 76.6 cm³/mol. The number of para-hydroxylation sites is 1. The van der Waals surface area contributed by atoms with Gasteiger partial charge >= 0.3 is 0 Å². The molecule has 102 valence electrons. The van der Waals surface area contributed by atoms with Crippen LogP contribution in [0, 0.1) is 0 Å². The normalized spacial score (nSPS) is 11.0. The van der Waals surface area contributed by atoms with Crippen molar-refractivity contribution in [2.45, 2.75) is 0 Å². The highest BCUT2D eigenvalue weighted by Gasteiger charge is 2.15. The minimum Gasteiger partial charge on any atom is -0.508 e. The van der Waals surface area contributed by atoms with Crippen LogP contribution in [0.5, 0.6) is 5.75 Å². The molecule has 4 aromatic rings. The van der Waals surface area contributed by atoms with Crippen LogP contribution in [-0.4, -0.2) is 15.2 Å². The number of hydrogen-bond acceptors (Lipinski definition) is 5. The molecule has 2 aromatic carbocycles. The van der Waals surface area contributed by atoms with E-state index < -0.39 is 0 Å². The topological polar surface area (TPSA) is 72.3 Å². The molecule has 21 heavy (non-hydrogen) atoms. The van der Waals surface area contributed by atoms with Crippen LogP contribution in [0.15, 0.2) is 63.7 Å². The number of rotatable bonds is 2. The molecule has 0 aliphatic rings. The molecular weight excluding hydrogens is 268 g/mol. The van der Waals surface area contributed by atoms with E-state index in [-0.39, 0.29) is 5.75 Å². The Bertz CT molecular complexity index is 924. The first kappa shape index (κ1) is 11.7. The van der Waals surface area contributed by atoms with E-state index in [1.807, 2.05) is 30.3 Å². The molecular formula is C16H10N2O3. The lowest BCUT2D eigenvalue weighted by atomic mass is 10.2. The summed E-state index contributed by atoms with van der Waals surface area (Å²) in [6, 6.07) is 14.4. The summed E-state index contributed by atoms with van der Waals surface area (Å²) >= 11 is 0. The average Bonchev–Trinajstić information content (AvgIpc) is 3.14. The third-order valence-corrected chi connectivity index (χ3v) is 3.24. The van der Waals surface area contributed by atoms with Crippen molar-refractivity contribution in [2.75, 3.05) is 0 Å². The fraction of sp³-hybridized carbons (Fsp3) is 0. The van der Waals surface area contributed by atoms with Gasteiger partial charge in [-0.3, -0.25) is 0 Å².